The Hall–Kier alpha value is -1.83. The first kappa shape index (κ1) is 21.2. The summed E-state index contributed by atoms with van der Waals surface area (Å²) in [5.74, 6) is -0.746. The molecule has 0 saturated heterocycles. The molecule has 9 heteroatoms. The van der Waals surface area contributed by atoms with Gasteiger partial charge in [-0.2, -0.15) is 5.10 Å². The van der Waals surface area contributed by atoms with Crippen LogP contribution in [0.5, 0.6) is 0 Å². The van der Waals surface area contributed by atoms with Gasteiger partial charge in [0.25, 0.3) is 5.91 Å². The first-order valence-corrected chi connectivity index (χ1v) is 7.69. The van der Waals surface area contributed by atoms with Gasteiger partial charge in [0.2, 0.25) is 0 Å². The summed E-state index contributed by atoms with van der Waals surface area (Å²) in [5, 5.41) is 16.2. The van der Waals surface area contributed by atoms with E-state index in [1.165, 1.54) is 12.1 Å². The van der Waals surface area contributed by atoms with Crippen LogP contribution >= 0.6 is 24.8 Å². The second-order valence-electron chi connectivity index (χ2n) is 5.90. The number of nitrogens with zero attached hydrogens (tertiary/aromatic N) is 1. The van der Waals surface area contributed by atoms with Crippen LogP contribution in [0.15, 0.2) is 18.2 Å². The number of carbonyl (C=O) groups is 1. The monoisotopic (exact) mass is 389 g/mol. The summed E-state index contributed by atoms with van der Waals surface area (Å²) in [5.41, 5.74) is 3.30. The number of aromatic amines is 1. The van der Waals surface area contributed by atoms with Gasteiger partial charge in [-0.3, -0.25) is 9.89 Å². The van der Waals surface area contributed by atoms with Crippen molar-refractivity contribution >= 4 is 42.1 Å². The number of H-pyrrole nitrogens is 1. The predicted octanol–water partition coefficient (Wildman–Crippen LogP) is 3.11. The zero-order valence-electron chi connectivity index (χ0n) is 14.0. The lowest BCUT2D eigenvalue weighted by Crippen LogP contribution is -2.25. The minimum atomic E-state index is -0.402. The molecular formula is C16H22Cl2FN5O. The normalized spacial score (nSPS) is 12.6. The molecule has 6 nitrogen and oxygen atoms in total. The lowest BCUT2D eigenvalue weighted by atomic mass is 10.1. The summed E-state index contributed by atoms with van der Waals surface area (Å²) in [7, 11) is 0. The van der Waals surface area contributed by atoms with Crippen molar-refractivity contribution in [3.05, 3.63) is 41.0 Å². The molecule has 3 rings (SSSR count). The van der Waals surface area contributed by atoms with Crippen molar-refractivity contribution in [2.75, 3.05) is 17.2 Å². The Morgan fingerprint density at radius 3 is 2.76 bits per heavy atom. The van der Waals surface area contributed by atoms with Crippen LogP contribution < -0.4 is 16.0 Å². The molecule has 1 aromatic carbocycles. The van der Waals surface area contributed by atoms with Crippen LogP contribution in [-0.4, -0.2) is 28.7 Å². The fraction of sp³-hybridized carbons (Fsp3) is 0.375. The zero-order chi connectivity index (χ0) is 16.4. The van der Waals surface area contributed by atoms with E-state index >= 15 is 0 Å². The van der Waals surface area contributed by atoms with E-state index < -0.39 is 5.82 Å². The van der Waals surface area contributed by atoms with Crippen molar-refractivity contribution in [2.45, 2.75) is 32.9 Å². The Balaban J connectivity index is 0.00000156. The Kier molecular flexibility index (Phi) is 7.66. The van der Waals surface area contributed by atoms with Gasteiger partial charge in [0, 0.05) is 36.8 Å². The van der Waals surface area contributed by atoms with E-state index in [2.05, 4.69) is 26.1 Å². The average Bonchev–Trinajstić information content (AvgIpc) is 2.93. The molecule has 0 saturated carbocycles. The molecule has 0 atom stereocenters. The predicted molar refractivity (Wildman–Crippen MR) is 102 cm³/mol. The van der Waals surface area contributed by atoms with E-state index in [0.29, 0.717) is 23.6 Å². The number of aromatic nitrogens is 2. The number of benzene rings is 1. The maximum absolute atomic E-state index is 13.5. The molecule has 2 aromatic rings. The maximum Gasteiger partial charge on any atom is 0.276 e. The molecule has 4 N–H and O–H groups in total. The average molecular weight is 390 g/mol. The molecule has 0 fully saturated rings. The molecule has 1 amide bonds. The van der Waals surface area contributed by atoms with Gasteiger partial charge in [-0.25, -0.2) is 4.39 Å². The summed E-state index contributed by atoms with van der Waals surface area (Å²) >= 11 is 0. The summed E-state index contributed by atoms with van der Waals surface area (Å²) in [6, 6.07) is 4.45. The van der Waals surface area contributed by atoms with Crippen LogP contribution in [0.1, 0.15) is 35.6 Å². The van der Waals surface area contributed by atoms with Crippen molar-refractivity contribution in [2.24, 2.45) is 0 Å². The van der Waals surface area contributed by atoms with Crippen molar-refractivity contribution in [1.82, 2.24) is 15.5 Å². The molecule has 25 heavy (non-hydrogen) atoms. The molecule has 1 aliphatic rings. The first-order chi connectivity index (χ1) is 11.0. The molecule has 138 valence electrons. The largest absolute Gasteiger partial charge is 0.381 e. The van der Waals surface area contributed by atoms with Crippen molar-refractivity contribution < 1.29 is 9.18 Å². The van der Waals surface area contributed by atoms with Crippen LogP contribution in [0.25, 0.3) is 0 Å². The van der Waals surface area contributed by atoms with Gasteiger partial charge < -0.3 is 16.0 Å². The number of fused-ring (bicyclic) bond motifs is 1. The van der Waals surface area contributed by atoms with Gasteiger partial charge in [0.05, 0.1) is 11.4 Å². The lowest BCUT2D eigenvalue weighted by Gasteiger charge is -2.16. The third-order valence-corrected chi connectivity index (χ3v) is 3.70. The highest BCUT2D eigenvalue weighted by Gasteiger charge is 2.22. The minimum Gasteiger partial charge on any atom is -0.381 e. The molecule has 1 aliphatic heterocycles. The van der Waals surface area contributed by atoms with Crippen molar-refractivity contribution in [1.29, 1.82) is 0 Å². The smallest absolute Gasteiger partial charge is 0.276 e. The zero-order valence-corrected chi connectivity index (χ0v) is 15.6. The van der Waals surface area contributed by atoms with E-state index in [1.807, 2.05) is 13.8 Å². The van der Waals surface area contributed by atoms with Crippen LogP contribution in [0.2, 0.25) is 0 Å². The van der Waals surface area contributed by atoms with Gasteiger partial charge in [0.15, 0.2) is 5.69 Å². The number of hydrogen-bond donors (Lipinski definition) is 4. The minimum absolute atomic E-state index is 0. The van der Waals surface area contributed by atoms with Gasteiger partial charge in [-0.1, -0.05) is 0 Å². The summed E-state index contributed by atoms with van der Waals surface area (Å²) in [6.45, 7) is 5.42. The van der Waals surface area contributed by atoms with E-state index in [9.17, 15) is 9.18 Å². The number of amides is 1. The van der Waals surface area contributed by atoms with E-state index in [4.69, 9.17) is 0 Å². The second-order valence-corrected chi connectivity index (χ2v) is 5.90. The topological polar surface area (TPSA) is 81.8 Å². The molecule has 0 aliphatic carbocycles. The van der Waals surface area contributed by atoms with E-state index in [0.717, 1.165) is 24.2 Å². The first-order valence-electron chi connectivity index (χ1n) is 7.69. The summed E-state index contributed by atoms with van der Waals surface area (Å²) in [6.07, 6.45) is 0.815. The van der Waals surface area contributed by atoms with Gasteiger partial charge in [-0.15, -0.1) is 24.8 Å². The Morgan fingerprint density at radius 2 is 2.04 bits per heavy atom. The maximum atomic E-state index is 13.5. The number of hydrogen-bond acceptors (Lipinski definition) is 4. The third-order valence-electron chi connectivity index (χ3n) is 3.70. The Bertz CT molecular complexity index is 735. The van der Waals surface area contributed by atoms with Gasteiger partial charge in [0.1, 0.15) is 5.82 Å². The van der Waals surface area contributed by atoms with Crippen LogP contribution in [0.3, 0.4) is 0 Å². The Morgan fingerprint density at radius 1 is 1.28 bits per heavy atom. The molecular weight excluding hydrogens is 368 g/mol. The molecule has 0 bridgehead atoms. The van der Waals surface area contributed by atoms with Crippen LogP contribution in [-0.2, 0) is 13.0 Å². The van der Waals surface area contributed by atoms with E-state index in [1.54, 1.807) is 6.07 Å². The van der Waals surface area contributed by atoms with Crippen molar-refractivity contribution in [3.63, 3.8) is 0 Å². The third kappa shape index (κ3) is 4.84. The number of carbonyl (C=O) groups excluding carboxylic acids is 1. The highest BCUT2D eigenvalue weighted by atomic mass is 35.5. The fourth-order valence-corrected chi connectivity index (χ4v) is 2.65. The number of nitrogens with one attached hydrogen (secondary N) is 4. The molecule has 2 heterocycles. The quantitative estimate of drug-likeness (QED) is 0.647. The SMILES string of the molecule is CC(C)Nc1ccc(F)cc1NC(=O)c1n[nH]c2c1CNCC2.Cl.Cl. The highest BCUT2D eigenvalue weighted by molar-refractivity contribution is 6.05. The second kappa shape index (κ2) is 9.03. The fourth-order valence-electron chi connectivity index (χ4n) is 2.65. The van der Waals surface area contributed by atoms with Crippen molar-refractivity contribution in [3.8, 4) is 0 Å². The number of halogens is 3. The van der Waals surface area contributed by atoms with Gasteiger partial charge in [-0.05, 0) is 32.0 Å². The number of anilines is 2. The summed E-state index contributed by atoms with van der Waals surface area (Å²) < 4.78 is 13.5. The Labute approximate surface area is 158 Å². The van der Waals surface area contributed by atoms with Gasteiger partial charge >= 0.3 is 0 Å². The lowest BCUT2D eigenvalue weighted by molar-refractivity contribution is 0.102. The highest BCUT2D eigenvalue weighted by Crippen LogP contribution is 2.25. The van der Waals surface area contributed by atoms with Crippen LogP contribution in [0.4, 0.5) is 15.8 Å². The summed E-state index contributed by atoms with van der Waals surface area (Å²) in [4.78, 5) is 12.5. The molecule has 0 spiro atoms. The standard InChI is InChI=1S/C16H20FN5O.2ClH/c1-9(2)19-13-4-3-10(17)7-14(13)20-16(23)15-11-8-18-6-5-12(11)21-22-15;;/h3-4,7,9,18-19H,5-6,8H2,1-2H3,(H,20,23)(H,21,22);2*1H. The van der Waals surface area contributed by atoms with E-state index in [-0.39, 0.29) is 36.8 Å². The van der Waals surface area contributed by atoms with Crippen LogP contribution in [0, 0.1) is 5.82 Å². The molecule has 1 aromatic heterocycles. The molecule has 0 radical (unpaired) electrons. The number of rotatable bonds is 4. The molecule has 0 unspecified atom stereocenters.